The number of fused-ring (bicyclic) bond motifs is 1. The molecule has 0 spiro atoms. The van der Waals surface area contributed by atoms with Crippen LogP contribution in [0.1, 0.15) is 57.5 Å². The molecule has 0 saturated heterocycles. The Morgan fingerprint density at radius 2 is 1.33 bits per heavy atom. The highest BCUT2D eigenvalue weighted by atomic mass is 16.5. The molecule has 0 saturated carbocycles. The van der Waals surface area contributed by atoms with Gasteiger partial charge in [0.1, 0.15) is 12.4 Å². The molecule has 2 nitrogen and oxygen atoms in total. The molecule has 1 heterocycles. The lowest BCUT2D eigenvalue weighted by Gasteiger charge is -2.17. The number of carbonyl (C=O) groups excluding carboxylic acids is 1. The number of allylic oxidation sites excluding steroid dienone is 1. The smallest absolute Gasteiger partial charge is 0.193 e. The van der Waals surface area contributed by atoms with Crippen molar-refractivity contribution in [3.05, 3.63) is 71.8 Å². The van der Waals surface area contributed by atoms with Gasteiger partial charge in [0, 0.05) is 16.7 Å². The summed E-state index contributed by atoms with van der Waals surface area (Å²) < 4.78 is 5.51. The summed E-state index contributed by atoms with van der Waals surface area (Å²) in [5.41, 5.74) is 2.31. The lowest BCUT2D eigenvalue weighted by atomic mass is 9.95. The number of hydrogen-bond acceptors (Lipinski definition) is 2. The number of benzene rings is 2. The van der Waals surface area contributed by atoms with Gasteiger partial charge in [-0.3, -0.25) is 4.79 Å². The van der Waals surface area contributed by atoms with Crippen molar-refractivity contribution in [2.45, 2.75) is 41.5 Å². The number of rotatable bonds is 2. The molecule has 2 heteroatoms. The van der Waals surface area contributed by atoms with E-state index < -0.39 is 0 Å². The monoisotopic (exact) mass is 326 g/mol. The van der Waals surface area contributed by atoms with Gasteiger partial charge in [0.05, 0.1) is 0 Å². The topological polar surface area (TPSA) is 26.3 Å². The van der Waals surface area contributed by atoms with Crippen LogP contribution in [-0.2, 0) is 0 Å². The van der Waals surface area contributed by atoms with E-state index in [9.17, 15) is 4.79 Å². The van der Waals surface area contributed by atoms with Crippen LogP contribution in [0.15, 0.2) is 60.7 Å². The number of ketones is 1. The van der Waals surface area contributed by atoms with Gasteiger partial charge in [-0.25, -0.2) is 0 Å². The van der Waals surface area contributed by atoms with Gasteiger partial charge in [0.15, 0.2) is 5.78 Å². The molecule has 2 aromatic carbocycles. The molecule has 0 fully saturated rings. The van der Waals surface area contributed by atoms with Crippen molar-refractivity contribution in [3.63, 3.8) is 0 Å². The van der Waals surface area contributed by atoms with E-state index in [1.165, 1.54) is 0 Å². The Morgan fingerprint density at radius 3 is 1.96 bits per heavy atom. The first-order valence-electron chi connectivity index (χ1n) is 8.88. The quantitative estimate of drug-likeness (QED) is 0.595. The summed E-state index contributed by atoms with van der Waals surface area (Å²) in [5, 5.41) is 0. The Morgan fingerprint density at radius 1 is 0.792 bits per heavy atom. The normalized spacial score (nSPS) is 10.7. The molecule has 24 heavy (non-hydrogen) atoms. The van der Waals surface area contributed by atoms with Gasteiger partial charge in [0.25, 0.3) is 0 Å². The third kappa shape index (κ3) is 5.69. The standard InChI is InChI=1S/C16H12O2.3C2H6/c17-16(12-6-2-1-3-7-12)14-10-11-18-15-9-5-4-8-13(14)15;3*1-2/h1-10H,11H2;3*1-2H3. The number of carbonyl (C=O) groups is 1. The van der Waals surface area contributed by atoms with Crippen LogP contribution in [0.25, 0.3) is 5.57 Å². The summed E-state index contributed by atoms with van der Waals surface area (Å²) in [6.45, 7) is 12.4. The molecule has 1 aliphatic heterocycles. The molecule has 0 radical (unpaired) electrons. The SMILES string of the molecule is CC.CC.CC.O=C(C1=CCOc2ccccc21)c1ccccc1. The van der Waals surface area contributed by atoms with Crippen molar-refractivity contribution in [2.75, 3.05) is 6.61 Å². The van der Waals surface area contributed by atoms with E-state index in [1.807, 2.05) is 102 Å². The van der Waals surface area contributed by atoms with Gasteiger partial charge < -0.3 is 4.74 Å². The van der Waals surface area contributed by atoms with Crippen LogP contribution < -0.4 is 4.74 Å². The minimum atomic E-state index is 0.0475. The molecule has 0 atom stereocenters. The molecule has 1 aliphatic rings. The second-order valence-corrected chi connectivity index (χ2v) is 4.12. The van der Waals surface area contributed by atoms with E-state index in [2.05, 4.69) is 0 Å². The predicted octanol–water partition coefficient (Wildman–Crippen LogP) is 6.42. The molecular weight excluding hydrogens is 296 g/mol. The van der Waals surface area contributed by atoms with Crippen molar-refractivity contribution in [3.8, 4) is 5.75 Å². The van der Waals surface area contributed by atoms with Gasteiger partial charge in [0.2, 0.25) is 0 Å². The van der Waals surface area contributed by atoms with Crippen LogP contribution in [-0.4, -0.2) is 12.4 Å². The first-order valence-corrected chi connectivity index (χ1v) is 8.88. The summed E-state index contributed by atoms with van der Waals surface area (Å²) in [4.78, 5) is 12.4. The molecule has 0 aliphatic carbocycles. The molecule has 0 unspecified atom stereocenters. The van der Waals surface area contributed by atoms with Gasteiger partial charge in [-0.15, -0.1) is 0 Å². The van der Waals surface area contributed by atoms with Crippen LogP contribution in [0.2, 0.25) is 0 Å². The van der Waals surface area contributed by atoms with Crippen molar-refractivity contribution in [2.24, 2.45) is 0 Å². The first-order chi connectivity index (χ1) is 11.9. The second kappa shape index (κ2) is 13.1. The number of hydrogen-bond donors (Lipinski definition) is 0. The molecule has 3 rings (SSSR count). The maximum absolute atomic E-state index is 12.4. The zero-order chi connectivity index (χ0) is 18.4. The molecule has 0 aromatic heterocycles. The predicted molar refractivity (Wildman–Crippen MR) is 105 cm³/mol. The maximum Gasteiger partial charge on any atom is 0.193 e. The van der Waals surface area contributed by atoms with Crippen LogP contribution in [0, 0.1) is 0 Å². The van der Waals surface area contributed by atoms with Crippen LogP contribution in [0.3, 0.4) is 0 Å². The van der Waals surface area contributed by atoms with E-state index in [-0.39, 0.29) is 5.78 Å². The Labute approximate surface area is 147 Å². The van der Waals surface area contributed by atoms with Gasteiger partial charge in [-0.2, -0.15) is 0 Å². The zero-order valence-electron chi connectivity index (χ0n) is 15.8. The Balaban J connectivity index is 0.000000798. The van der Waals surface area contributed by atoms with E-state index >= 15 is 0 Å². The molecular formula is C22H30O2. The van der Waals surface area contributed by atoms with Gasteiger partial charge >= 0.3 is 0 Å². The van der Waals surface area contributed by atoms with Crippen molar-refractivity contribution in [1.29, 1.82) is 0 Å². The highest BCUT2D eigenvalue weighted by molar-refractivity contribution is 6.29. The largest absolute Gasteiger partial charge is 0.489 e. The van der Waals surface area contributed by atoms with Crippen molar-refractivity contribution in [1.82, 2.24) is 0 Å². The summed E-state index contributed by atoms with van der Waals surface area (Å²) in [7, 11) is 0. The fourth-order valence-electron chi connectivity index (χ4n) is 2.10. The lowest BCUT2D eigenvalue weighted by molar-refractivity contribution is 0.105. The summed E-state index contributed by atoms with van der Waals surface area (Å²) >= 11 is 0. The third-order valence-corrected chi connectivity index (χ3v) is 2.98. The Kier molecular flexibility index (Phi) is 11.8. The summed E-state index contributed by atoms with van der Waals surface area (Å²) in [5.74, 6) is 0.825. The van der Waals surface area contributed by atoms with Crippen LogP contribution >= 0.6 is 0 Å². The number of para-hydroxylation sites is 1. The molecule has 130 valence electrons. The van der Waals surface area contributed by atoms with E-state index in [4.69, 9.17) is 4.74 Å². The maximum atomic E-state index is 12.4. The number of Topliss-reactive ketones (excluding diaryl/α,β-unsaturated/α-hetero) is 1. The highest BCUT2D eigenvalue weighted by Gasteiger charge is 2.20. The second-order valence-electron chi connectivity index (χ2n) is 4.12. The zero-order valence-corrected chi connectivity index (χ0v) is 15.8. The molecule has 2 aromatic rings. The minimum Gasteiger partial charge on any atom is -0.489 e. The Hall–Kier alpha value is -2.35. The minimum absolute atomic E-state index is 0.0475. The van der Waals surface area contributed by atoms with E-state index in [1.54, 1.807) is 0 Å². The van der Waals surface area contributed by atoms with E-state index in [0.717, 1.165) is 16.9 Å². The first kappa shape index (κ1) is 21.7. The summed E-state index contributed by atoms with van der Waals surface area (Å²) in [6.07, 6.45) is 1.84. The third-order valence-electron chi connectivity index (χ3n) is 2.98. The van der Waals surface area contributed by atoms with Crippen molar-refractivity contribution < 1.29 is 9.53 Å². The molecule has 0 bridgehead atoms. The average molecular weight is 326 g/mol. The van der Waals surface area contributed by atoms with Crippen LogP contribution in [0.5, 0.6) is 5.75 Å². The van der Waals surface area contributed by atoms with Crippen molar-refractivity contribution >= 4 is 11.4 Å². The highest BCUT2D eigenvalue weighted by Crippen LogP contribution is 2.31. The average Bonchev–Trinajstić information content (AvgIpc) is 2.72. The number of ether oxygens (including phenoxy) is 1. The van der Waals surface area contributed by atoms with Gasteiger partial charge in [-0.05, 0) is 12.1 Å². The Bertz CT molecular complexity index is 613. The van der Waals surface area contributed by atoms with E-state index in [0.29, 0.717) is 12.2 Å². The lowest BCUT2D eigenvalue weighted by Crippen LogP contribution is -2.11. The summed E-state index contributed by atoms with van der Waals surface area (Å²) in [6, 6.07) is 17.0. The fraction of sp³-hybridized carbons (Fsp3) is 0.318. The molecule has 0 N–H and O–H groups in total. The fourth-order valence-corrected chi connectivity index (χ4v) is 2.10. The molecule has 0 amide bonds. The van der Waals surface area contributed by atoms with Gasteiger partial charge in [-0.1, -0.05) is 90.1 Å². The van der Waals surface area contributed by atoms with Crippen LogP contribution in [0.4, 0.5) is 0 Å².